The van der Waals surface area contributed by atoms with E-state index in [0.29, 0.717) is 5.92 Å². The number of rotatable bonds is 2. The van der Waals surface area contributed by atoms with Gasteiger partial charge in [-0.05, 0) is 18.1 Å². The van der Waals surface area contributed by atoms with Gasteiger partial charge in [0.05, 0.1) is 11.4 Å². The van der Waals surface area contributed by atoms with Crippen LogP contribution in [0.1, 0.15) is 31.2 Å². The Bertz CT molecular complexity index is 259. The SMILES string of the molecule is C=Cc1cc(C(C)C)nn1C. The van der Waals surface area contributed by atoms with Gasteiger partial charge >= 0.3 is 0 Å². The first-order valence-corrected chi connectivity index (χ1v) is 3.81. The average Bonchev–Trinajstić information content (AvgIpc) is 2.31. The summed E-state index contributed by atoms with van der Waals surface area (Å²) in [7, 11) is 1.93. The van der Waals surface area contributed by atoms with Gasteiger partial charge in [-0.3, -0.25) is 4.68 Å². The van der Waals surface area contributed by atoms with Crippen molar-refractivity contribution in [3.8, 4) is 0 Å². The van der Waals surface area contributed by atoms with Crippen LogP contribution in [0.4, 0.5) is 0 Å². The normalized spacial score (nSPS) is 10.5. The lowest BCUT2D eigenvalue weighted by atomic mass is 10.1. The first-order valence-electron chi connectivity index (χ1n) is 3.81. The second-order valence-electron chi connectivity index (χ2n) is 2.98. The number of hydrogen-bond acceptors (Lipinski definition) is 1. The van der Waals surface area contributed by atoms with Crippen LogP contribution < -0.4 is 0 Å². The summed E-state index contributed by atoms with van der Waals surface area (Å²) < 4.78 is 1.85. The monoisotopic (exact) mass is 150 g/mol. The molecule has 1 aromatic heterocycles. The Kier molecular flexibility index (Phi) is 2.13. The van der Waals surface area contributed by atoms with E-state index in [2.05, 4.69) is 31.6 Å². The molecule has 1 aromatic rings. The lowest BCUT2D eigenvalue weighted by molar-refractivity contribution is 0.709. The zero-order chi connectivity index (χ0) is 8.43. The largest absolute Gasteiger partial charge is 0.268 e. The molecule has 0 radical (unpaired) electrons. The first kappa shape index (κ1) is 8.05. The second kappa shape index (κ2) is 2.91. The highest BCUT2D eigenvalue weighted by Gasteiger charge is 2.04. The molecule has 0 aromatic carbocycles. The van der Waals surface area contributed by atoms with E-state index >= 15 is 0 Å². The standard InChI is InChI=1S/C9H14N2/c1-5-8-6-9(7(2)3)10-11(8)4/h5-7H,1H2,2-4H3. The highest BCUT2D eigenvalue weighted by atomic mass is 15.3. The summed E-state index contributed by atoms with van der Waals surface area (Å²) in [4.78, 5) is 0. The van der Waals surface area contributed by atoms with Gasteiger partial charge in [-0.1, -0.05) is 20.4 Å². The van der Waals surface area contributed by atoms with Crippen LogP contribution in [0.15, 0.2) is 12.6 Å². The van der Waals surface area contributed by atoms with Gasteiger partial charge in [0.15, 0.2) is 0 Å². The first-order chi connectivity index (χ1) is 5.15. The molecule has 0 N–H and O–H groups in total. The Labute approximate surface area is 67.5 Å². The summed E-state index contributed by atoms with van der Waals surface area (Å²) in [6, 6.07) is 2.07. The fourth-order valence-corrected chi connectivity index (χ4v) is 0.978. The Balaban J connectivity index is 3.04. The van der Waals surface area contributed by atoms with Gasteiger partial charge in [-0.2, -0.15) is 5.10 Å². The van der Waals surface area contributed by atoms with Crippen LogP contribution in [0.25, 0.3) is 6.08 Å². The minimum atomic E-state index is 0.495. The lowest BCUT2D eigenvalue weighted by Gasteiger charge is -1.95. The van der Waals surface area contributed by atoms with Crippen molar-refractivity contribution < 1.29 is 0 Å². The van der Waals surface area contributed by atoms with E-state index in [0.717, 1.165) is 11.4 Å². The molecule has 0 saturated carbocycles. The summed E-state index contributed by atoms with van der Waals surface area (Å²) in [5.74, 6) is 0.495. The number of aromatic nitrogens is 2. The molecule has 60 valence electrons. The van der Waals surface area contributed by atoms with Crippen molar-refractivity contribution in [1.82, 2.24) is 9.78 Å². The maximum absolute atomic E-state index is 4.33. The molecule has 2 nitrogen and oxygen atoms in total. The smallest absolute Gasteiger partial charge is 0.0656 e. The molecule has 0 fully saturated rings. The van der Waals surface area contributed by atoms with Gasteiger partial charge < -0.3 is 0 Å². The molecule has 0 bridgehead atoms. The quantitative estimate of drug-likeness (QED) is 0.632. The average molecular weight is 150 g/mol. The molecule has 0 aliphatic rings. The minimum Gasteiger partial charge on any atom is -0.268 e. The van der Waals surface area contributed by atoms with Gasteiger partial charge in [-0.15, -0.1) is 0 Å². The molecule has 0 spiro atoms. The number of hydrogen-bond donors (Lipinski definition) is 0. The summed E-state index contributed by atoms with van der Waals surface area (Å²) in [6.07, 6.45) is 1.82. The third-order valence-corrected chi connectivity index (χ3v) is 1.74. The third kappa shape index (κ3) is 1.50. The second-order valence-corrected chi connectivity index (χ2v) is 2.98. The van der Waals surface area contributed by atoms with E-state index in [1.807, 2.05) is 17.8 Å². The summed E-state index contributed by atoms with van der Waals surface area (Å²) in [5.41, 5.74) is 2.20. The number of nitrogens with zero attached hydrogens (tertiary/aromatic N) is 2. The fourth-order valence-electron chi connectivity index (χ4n) is 0.978. The fraction of sp³-hybridized carbons (Fsp3) is 0.444. The van der Waals surface area contributed by atoms with Gasteiger partial charge in [0.2, 0.25) is 0 Å². The molecule has 11 heavy (non-hydrogen) atoms. The van der Waals surface area contributed by atoms with Gasteiger partial charge in [0.25, 0.3) is 0 Å². The van der Waals surface area contributed by atoms with Crippen LogP contribution in [0.3, 0.4) is 0 Å². The van der Waals surface area contributed by atoms with Crippen molar-refractivity contribution in [2.75, 3.05) is 0 Å². The van der Waals surface area contributed by atoms with Crippen molar-refractivity contribution in [3.63, 3.8) is 0 Å². The minimum absolute atomic E-state index is 0.495. The summed E-state index contributed by atoms with van der Waals surface area (Å²) in [6.45, 7) is 7.97. The maximum atomic E-state index is 4.33. The molecule has 0 saturated heterocycles. The molecule has 0 atom stereocenters. The van der Waals surface area contributed by atoms with Crippen molar-refractivity contribution in [1.29, 1.82) is 0 Å². The van der Waals surface area contributed by atoms with E-state index in [4.69, 9.17) is 0 Å². The Morgan fingerprint density at radius 2 is 2.27 bits per heavy atom. The predicted octanol–water partition coefficient (Wildman–Crippen LogP) is 2.19. The van der Waals surface area contributed by atoms with Crippen molar-refractivity contribution in [3.05, 3.63) is 24.0 Å². The van der Waals surface area contributed by atoms with Gasteiger partial charge in [0.1, 0.15) is 0 Å². The van der Waals surface area contributed by atoms with E-state index in [1.54, 1.807) is 0 Å². The Morgan fingerprint density at radius 3 is 2.55 bits per heavy atom. The molecular formula is C9H14N2. The van der Waals surface area contributed by atoms with Crippen molar-refractivity contribution >= 4 is 6.08 Å². The van der Waals surface area contributed by atoms with E-state index in [1.165, 1.54) is 0 Å². The molecule has 0 amide bonds. The third-order valence-electron chi connectivity index (χ3n) is 1.74. The van der Waals surface area contributed by atoms with Crippen LogP contribution in [-0.4, -0.2) is 9.78 Å². The molecule has 1 heterocycles. The van der Waals surface area contributed by atoms with E-state index in [-0.39, 0.29) is 0 Å². The zero-order valence-corrected chi connectivity index (χ0v) is 7.33. The molecule has 2 heteroatoms. The van der Waals surface area contributed by atoms with Crippen molar-refractivity contribution in [2.45, 2.75) is 19.8 Å². The highest BCUT2D eigenvalue weighted by Crippen LogP contribution is 2.13. The molecule has 1 rings (SSSR count). The van der Waals surface area contributed by atoms with Crippen LogP contribution in [0.5, 0.6) is 0 Å². The highest BCUT2D eigenvalue weighted by molar-refractivity contribution is 5.42. The van der Waals surface area contributed by atoms with Crippen molar-refractivity contribution in [2.24, 2.45) is 7.05 Å². The zero-order valence-electron chi connectivity index (χ0n) is 7.33. The maximum Gasteiger partial charge on any atom is 0.0656 e. The lowest BCUT2D eigenvalue weighted by Crippen LogP contribution is -1.94. The number of aryl methyl sites for hydroxylation is 1. The van der Waals surface area contributed by atoms with Gasteiger partial charge in [0, 0.05) is 7.05 Å². The summed E-state index contributed by atoms with van der Waals surface area (Å²) in [5, 5.41) is 4.33. The molecule has 0 aliphatic carbocycles. The van der Waals surface area contributed by atoms with E-state index in [9.17, 15) is 0 Å². The Hall–Kier alpha value is -1.05. The van der Waals surface area contributed by atoms with Crippen LogP contribution >= 0.6 is 0 Å². The van der Waals surface area contributed by atoms with Crippen LogP contribution in [0.2, 0.25) is 0 Å². The van der Waals surface area contributed by atoms with Crippen LogP contribution in [-0.2, 0) is 7.05 Å². The Morgan fingerprint density at radius 1 is 1.64 bits per heavy atom. The summed E-state index contributed by atoms with van der Waals surface area (Å²) >= 11 is 0. The van der Waals surface area contributed by atoms with E-state index < -0.39 is 0 Å². The predicted molar refractivity (Wildman–Crippen MR) is 47.4 cm³/mol. The van der Waals surface area contributed by atoms with Crippen LogP contribution in [0, 0.1) is 0 Å². The molecular weight excluding hydrogens is 136 g/mol. The molecule has 0 unspecified atom stereocenters. The van der Waals surface area contributed by atoms with Gasteiger partial charge in [-0.25, -0.2) is 0 Å². The topological polar surface area (TPSA) is 17.8 Å². The molecule has 0 aliphatic heterocycles.